The van der Waals surface area contributed by atoms with Crippen LogP contribution in [0.4, 0.5) is 0 Å². The number of aryl methyl sites for hydroxylation is 1. The fourth-order valence-corrected chi connectivity index (χ4v) is 0.735. The van der Waals surface area contributed by atoms with Gasteiger partial charge in [-0.25, -0.2) is 0 Å². The van der Waals surface area contributed by atoms with E-state index in [4.69, 9.17) is 0 Å². The maximum atomic E-state index is 4.12. The summed E-state index contributed by atoms with van der Waals surface area (Å²) >= 11 is 0. The number of nitrogens with zero attached hydrogens (tertiary/aromatic N) is 2. The summed E-state index contributed by atoms with van der Waals surface area (Å²) in [4.78, 5) is 4.12. The van der Waals surface area contributed by atoms with E-state index in [9.17, 15) is 0 Å². The Morgan fingerprint density at radius 2 is 1.69 bits per heavy atom. The molecule has 0 atom stereocenters. The molecule has 1 heterocycles. The Labute approximate surface area is 152 Å². The van der Waals surface area contributed by atoms with Crippen molar-refractivity contribution >= 4 is 0 Å². The third-order valence-electron chi connectivity index (χ3n) is 1.41. The number of rotatable bonds is 0. The normalized spacial score (nSPS) is 9.23. The van der Waals surface area contributed by atoms with Crippen LogP contribution in [0.3, 0.4) is 0 Å². The Balaban J connectivity index is -0.000000333. The summed E-state index contributed by atoms with van der Waals surface area (Å²) in [7, 11) is 1.93. The molecule has 0 saturated heterocycles. The van der Waals surface area contributed by atoms with Crippen LogP contribution in [-0.2, 0) is 12.5 Å². The van der Waals surface area contributed by atoms with Crippen molar-refractivity contribution in [1.82, 2.24) is 9.55 Å². The largest absolute Gasteiger partial charge is 0.456 e. The minimum atomic E-state index is 0. The molecule has 0 aliphatic carbocycles. The summed E-state index contributed by atoms with van der Waals surface area (Å²) in [5.74, 6) is 0. The van der Waals surface area contributed by atoms with Gasteiger partial charge in [0, 0.05) is 99.7 Å². The molecule has 0 bridgehead atoms. The predicted octanol–water partition coefficient (Wildman–Crippen LogP) is 1.52. The van der Waals surface area contributed by atoms with E-state index < -0.39 is 0 Å². The number of hydrogen-bond donors (Lipinski definition) is 0. The summed E-state index contributed by atoms with van der Waals surface area (Å²) in [5.41, 5.74) is 1.24. The van der Waals surface area contributed by atoms with Crippen molar-refractivity contribution < 1.29 is 93.3 Å². The second kappa shape index (κ2) is 8.51. The summed E-state index contributed by atoms with van der Waals surface area (Å²) in [6.45, 7) is 6.43. The van der Waals surface area contributed by atoms with Crippen LogP contribution in [0.5, 0.6) is 0 Å². The van der Waals surface area contributed by atoms with Crippen LogP contribution in [0.2, 0.25) is 0 Å². The van der Waals surface area contributed by atoms with Crippen molar-refractivity contribution in [3.8, 4) is 0 Å². The van der Waals surface area contributed by atoms with E-state index in [0.717, 1.165) is 5.69 Å². The van der Waals surface area contributed by atoms with Gasteiger partial charge in [0.15, 0.2) is 0 Å². The SMILES string of the molecule is Cn1[c-]nc(C(C)(C)C)c1.[U].[U].[U]. The molecule has 1 aromatic heterocycles. The number of aromatic nitrogens is 2. The molecule has 0 spiro atoms. The van der Waals surface area contributed by atoms with Crippen molar-refractivity contribution in [1.29, 1.82) is 0 Å². The zero-order valence-corrected chi connectivity index (χ0v) is 21.0. The molecule has 0 saturated carbocycles. The smallest absolute Gasteiger partial charge is 0.000484 e. The second-order valence-electron chi connectivity index (χ2n) is 3.59. The van der Waals surface area contributed by atoms with E-state index >= 15 is 0 Å². The predicted molar refractivity (Wildman–Crippen MR) is 40.7 cm³/mol. The van der Waals surface area contributed by atoms with E-state index in [1.807, 2.05) is 17.8 Å². The molecular formula is C8H13N2U3-. The van der Waals surface area contributed by atoms with Gasteiger partial charge in [-0.1, -0.05) is 31.9 Å². The Bertz CT molecular complexity index is 228. The minimum Gasteiger partial charge on any atom is -0.456 e. The van der Waals surface area contributed by atoms with Crippen LogP contribution in [0, 0.1) is 99.7 Å². The first-order valence-electron chi connectivity index (χ1n) is 3.41. The number of imidazole rings is 1. The molecule has 68 valence electrons. The van der Waals surface area contributed by atoms with Gasteiger partial charge in [0.2, 0.25) is 0 Å². The van der Waals surface area contributed by atoms with E-state index in [-0.39, 0.29) is 98.8 Å². The van der Waals surface area contributed by atoms with Gasteiger partial charge in [0.05, 0.1) is 0 Å². The van der Waals surface area contributed by atoms with Gasteiger partial charge >= 0.3 is 0 Å². The van der Waals surface area contributed by atoms with E-state index in [2.05, 4.69) is 32.1 Å². The monoisotopic (exact) mass is 851 g/mol. The van der Waals surface area contributed by atoms with Crippen molar-refractivity contribution in [2.45, 2.75) is 26.2 Å². The minimum absolute atomic E-state index is 0. The molecule has 1 rings (SSSR count). The maximum absolute atomic E-state index is 4.12. The van der Waals surface area contributed by atoms with Gasteiger partial charge in [-0.15, -0.1) is 6.20 Å². The van der Waals surface area contributed by atoms with Crippen LogP contribution in [-0.4, -0.2) is 9.55 Å². The summed E-state index contributed by atoms with van der Waals surface area (Å²) in [6, 6.07) is 0. The van der Waals surface area contributed by atoms with Crippen molar-refractivity contribution in [2.24, 2.45) is 7.05 Å². The third kappa shape index (κ3) is 7.28. The van der Waals surface area contributed by atoms with Crippen LogP contribution in [0.25, 0.3) is 0 Å². The summed E-state index contributed by atoms with van der Waals surface area (Å²) in [6.07, 6.45) is 4.84. The van der Waals surface area contributed by atoms with E-state index in [0.29, 0.717) is 0 Å². The molecule has 0 radical (unpaired) electrons. The molecule has 0 aliphatic heterocycles. The van der Waals surface area contributed by atoms with Crippen molar-refractivity contribution in [2.75, 3.05) is 0 Å². The van der Waals surface area contributed by atoms with Gasteiger partial charge in [-0.3, -0.25) is 0 Å². The molecule has 13 heavy (non-hydrogen) atoms. The molecule has 2 nitrogen and oxygen atoms in total. The molecule has 0 aliphatic rings. The molecule has 0 N–H and O–H groups in total. The van der Waals surface area contributed by atoms with Crippen LogP contribution < -0.4 is 0 Å². The maximum Gasteiger partial charge on any atom is 0.000484 e. The van der Waals surface area contributed by atoms with E-state index in [1.54, 1.807) is 0 Å². The fourth-order valence-electron chi connectivity index (χ4n) is 0.735. The Morgan fingerprint density at radius 1 is 1.23 bits per heavy atom. The fraction of sp³-hybridized carbons (Fsp3) is 0.625. The molecule has 0 fully saturated rings. The average molecular weight is 851 g/mol. The van der Waals surface area contributed by atoms with Crippen LogP contribution in [0.1, 0.15) is 26.5 Å². The van der Waals surface area contributed by atoms with Crippen LogP contribution in [0.15, 0.2) is 6.20 Å². The van der Waals surface area contributed by atoms with Crippen LogP contribution >= 0.6 is 0 Å². The average Bonchev–Trinajstić information content (AvgIpc) is 2.11. The van der Waals surface area contributed by atoms with Gasteiger partial charge < -0.3 is 9.55 Å². The van der Waals surface area contributed by atoms with Crippen molar-refractivity contribution in [3.63, 3.8) is 0 Å². The molecule has 0 amide bonds. The second-order valence-corrected chi connectivity index (χ2v) is 3.59. The van der Waals surface area contributed by atoms with Gasteiger partial charge in [-0.05, 0) is 7.05 Å². The quantitative estimate of drug-likeness (QED) is 0.363. The molecule has 0 unspecified atom stereocenters. The molecule has 0 aromatic carbocycles. The Hall–Kier alpha value is 2.37. The van der Waals surface area contributed by atoms with Gasteiger partial charge in [0.1, 0.15) is 0 Å². The van der Waals surface area contributed by atoms with Gasteiger partial charge in [-0.2, -0.15) is 0 Å². The van der Waals surface area contributed by atoms with E-state index in [1.165, 1.54) is 0 Å². The third-order valence-corrected chi connectivity index (χ3v) is 1.41. The Kier molecular flexibility index (Phi) is 13.6. The topological polar surface area (TPSA) is 17.8 Å². The standard InChI is InChI=1S/C8H13N2.3U/c1-8(2,3)7-5-10(4)6-9-7;;;/h5H,1-4H3;;;/q-1;;;. The Morgan fingerprint density at radius 3 is 1.85 bits per heavy atom. The first-order valence-corrected chi connectivity index (χ1v) is 3.41. The summed E-state index contributed by atoms with van der Waals surface area (Å²) < 4.78 is 1.85. The first kappa shape index (κ1) is 20.7. The van der Waals surface area contributed by atoms with Gasteiger partial charge in [0.25, 0.3) is 0 Å². The molecule has 5 heteroatoms. The first-order chi connectivity index (χ1) is 4.50. The zero-order chi connectivity index (χ0) is 7.78. The summed E-state index contributed by atoms with van der Waals surface area (Å²) in [5, 5.41) is 0. The number of hydrogen-bond acceptors (Lipinski definition) is 1. The van der Waals surface area contributed by atoms with Crippen molar-refractivity contribution in [3.05, 3.63) is 18.2 Å². The zero-order valence-electron chi connectivity index (χ0n) is 8.47. The molecular weight excluding hydrogens is 838 g/mol. The molecule has 1 aromatic rings.